The zero-order valence-corrected chi connectivity index (χ0v) is 17.6. The number of carbonyl (C=O) groups excluding carboxylic acids is 2. The van der Waals surface area contributed by atoms with Gasteiger partial charge >= 0.3 is 0 Å². The number of amides is 2. The fraction of sp³-hybridized carbons (Fsp3) is 0.120. The van der Waals surface area contributed by atoms with Gasteiger partial charge in [0, 0.05) is 5.69 Å². The van der Waals surface area contributed by atoms with Crippen molar-refractivity contribution in [3.63, 3.8) is 0 Å². The molecule has 0 fully saturated rings. The summed E-state index contributed by atoms with van der Waals surface area (Å²) in [6, 6.07) is 19.3. The summed E-state index contributed by atoms with van der Waals surface area (Å²) in [6.07, 6.45) is 0. The number of nitrogens with one attached hydrogen (secondary N) is 1. The van der Waals surface area contributed by atoms with Crippen LogP contribution in [0.15, 0.2) is 78.5 Å². The van der Waals surface area contributed by atoms with Gasteiger partial charge in [-0.15, -0.1) is 0 Å². The maximum absolute atomic E-state index is 13.5. The summed E-state index contributed by atoms with van der Waals surface area (Å²) in [5, 5.41) is 3.00. The second kappa shape index (κ2) is 8.93. The standard InChI is InChI=1S/C25H21FN2O4/c1-3-32-19-14-8-16(9-15-19)22-23(27-18-12-10-17(26)11-13-18)25(30)28(24(22)29)20-6-4-5-7-21(20)31-2/h4-15,27H,3H2,1-2H3. The van der Waals surface area contributed by atoms with Gasteiger partial charge in [-0.05, 0) is 61.0 Å². The number of anilines is 2. The molecule has 1 aliphatic rings. The molecule has 6 nitrogen and oxygen atoms in total. The van der Waals surface area contributed by atoms with Crippen LogP contribution in [0.1, 0.15) is 12.5 Å². The van der Waals surface area contributed by atoms with E-state index in [1.807, 2.05) is 6.92 Å². The highest BCUT2D eigenvalue weighted by Crippen LogP contribution is 2.38. The van der Waals surface area contributed by atoms with E-state index >= 15 is 0 Å². The zero-order valence-electron chi connectivity index (χ0n) is 17.6. The van der Waals surface area contributed by atoms with Crippen molar-refractivity contribution in [1.29, 1.82) is 0 Å². The Kier molecular flexibility index (Phi) is 5.89. The highest BCUT2D eigenvalue weighted by Gasteiger charge is 2.41. The number of rotatable bonds is 7. The van der Waals surface area contributed by atoms with Crippen LogP contribution in [0, 0.1) is 5.82 Å². The molecule has 1 N–H and O–H groups in total. The Labute approximate surface area is 184 Å². The second-order valence-corrected chi connectivity index (χ2v) is 6.96. The third kappa shape index (κ3) is 3.92. The van der Waals surface area contributed by atoms with Crippen LogP contribution < -0.4 is 19.7 Å². The summed E-state index contributed by atoms with van der Waals surface area (Å²) in [7, 11) is 1.47. The van der Waals surface area contributed by atoms with E-state index in [1.54, 1.807) is 48.5 Å². The Morgan fingerprint density at radius 1 is 0.906 bits per heavy atom. The lowest BCUT2D eigenvalue weighted by atomic mass is 10.0. The van der Waals surface area contributed by atoms with Crippen LogP contribution in [0.25, 0.3) is 5.57 Å². The first kappa shape index (κ1) is 21.1. The van der Waals surface area contributed by atoms with Crippen molar-refractivity contribution in [2.24, 2.45) is 0 Å². The fourth-order valence-corrected chi connectivity index (χ4v) is 3.51. The molecule has 0 saturated heterocycles. The first-order valence-electron chi connectivity index (χ1n) is 10.1. The van der Waals surface area contributed by atoms with E-state index in [-0.39, 0.29) is 11.3 Å². The zero-order chi connectivity index (χ0) is 22.7. The number of methoxy groups -OCH3 is 1. The molecule has 3 aromatic carbocycles. The van der Waals surface area contributed by atoms with Crippen molar-refractivity contribution in [2.45, 2.75) is 6.92 Å². The second-order valence-electron chi connectivity index (χ2n) is 6.96. The van der Waals surface area contributed by atoms with Crippen LogP contribution in [0.3, 0.4) is 0 Å². The molecule has 162 valence electrons. The van der Waals surface area contributed by atoms with Gasteiger partial charge in [0.25, 0.3) is 11.8 Å². The van der Waals surface area contributed by atoms with Crippen LogP contribution in [-0.2, 0) is 9.59 Å². The average Bonchev–Trinajstić information content (AvgIpc) is 3.05. The van der Waals surface area contributed by atoms with Crippen molar-refractivity contribution in [3.8, 4) is 11.5 Å². The van der Waals surface area contributed by atoms with Crippen LogP contribution in [0.2, 0.25) is 0 Å². The molecule has 0 atom stereocenters. The first-order valence-corrected chi connectivity index (χ1v) is 10.1. The lowest BCUT2D eigenvalue weighted by molar-refractivity contribution is -0.120. The van der Waals surface area contributed by atoms with Crippen LogP contribution in [0.5, 0.6) is 11.5 Å². The Hall–Kier alpha value is -4.13. The molecule has 2 amide bonds. The van der Waals surface area contributed by atoms with Crippen molar-refractivity contribution < 1.29 is 23.5 Å². The lowest BCUT2D eigenvalue weighted by Crippen LogP contribution is -2.32. The number of nitrogens with zero attached hydrogens (tertiary/aromatic N) is 1. The Morgan fingerprint density at radius 2 is 1.59 bits per heavy atom. The van der Waals surface area contributed by atoms with Gasteiger partial charge in [0.2, 0.25) is 0 Å². The smallest absolute Gasteiger partial charge is 0.282 e. The van der Waals surface area contributed by atoms with Crippen molar-refractivity contribution in [2.75, 3.05) is 23.9 Å². The molecule has 7 heteroatoms. The maximum atomic E-state index is 13.5. The van der Waals surface area contributed by atoms with E-state index in [0.717, 1.165) is 4.90 Å². The van der Waals surface area contributed by atoms with Gasteiger partial charge in [0.1, 0.15) is 23.0 Å². The first-order chi connectivity index (χ1) is 15.5. The molecule has 0 aliphatic carbocycles. The molecule has 3 aromatic rings. The molecule has 0 spiro atoms. The number of imide groups is 1. The van der Waals surface area contributed by atoms with Gasteiger partial charge in [-0.25, -0.2) is 9.29 Å². The molecule has 0 unspecified atom stereocenters. The minimum absolute atomic E-state index is 0.0941. The number of benzene rings is 3. The highest BCUT2D eigenvalue weighted by molar-refractivity contribution is 6.46. The minimum Gasteiger partial charge on any atom is -0.495 e. The predicted octanol–water partition coefficient (Wildman–Crippen LogP) is 4.63. The van der Waals surface area contributed by atoms with Gasteiger partial charge in [-0.1, -0.05) is 24.3 Å². The quantitative estimate of drug-likeness (QED) is 0.552. The van der Waals surface area contributed by atoms with Gasteiger partial charge < -0.3 is 14.8 Å². The van der Waals surface area contributed by atoms with E-state index < -0.39 is 17.6 Å². The van der Waals surface area contributed by atoms with Crippen LogP contribution in [-0.4, -0.2) is 25.5 Å². The monoisotopic (exact) mass is 432 g/mol. The Balaban J connectivity index is 1.80. The fourth-order valence-electron chi connectivity index (χ4n) is 3.51. The van der Waals surface area contributed by atoms with E-state index in [1.165, 1.54) is 31.4 Å². The SMILES string of the molecule is CCOc1ccc(C2=C(Nc3ccc(F)cc3)C(=O)N(c3ccccc3OC)C2=O)cc1. The Bertz CT molecular complexity index is 1190. The number of carbonyl (C=O) groups is 2. The molecule has 0 saturated carbocycles. The molecule has 32 heavy (non-hydrogen) atoms. The van der Waals surface area contributed by atoms with Gasteiger partial charge in [-0.2, -0.15) is 0 Å². The third-order valence-electron chi connectivity index (χ3n) is 4.98. The van der Waals surface area contributed by atoms with Gasteiger partial charge in [-0.3, -0.25) is 9.59 Å². The van der Waals surface area contributed by atoms with Crippen molar-refractivity contribution in [3.05, 3.63) is 89.9 Å². The largest absolute Gasteiger partial charge is 0.495 e. The molecular formula is C25H21FN2O4. The summed E-state index contributed by atoms with van der Waals surface area (Å²) in [5.74, 6) is -0.381. The lowest BCUT2D eigenvalue weighted by Gasteiger charge is -2.18. The Morgan fingerprint density at radius 3 is 2.25 bits per heavy atom. The van der Waals surface area contributed by atoms with E-state index in [9.17, 15) is 14.0 Å². The molecule has 0 bridgehead atoms. The van der Waals surface area contributed by atoms with Crippen molar-refractivity contribution in [1.82, 2.24) is 0 Å². The highest BCUT2D eigenvalue weighted by atomic mass is 19.1. The minimum atomic E-state index is -0.535. The van der Waals surface area contributed by atoms with Gasteiger partial charge in [0.05, 0.1) is 25.0 Å². The van der Waals surface area contributed by atoms with Gasteiger partial charge in [0.15, 0.2) is 0 Å². The maximum Gasteiger partial charge on any atom is 0.282 e. The summed E-state index contributed by atoms with van der Waals surface area (Å²) in [4.78, 5) is 28.0. The van der Waals surface area contributed by atoms with Crippen LogP contribution in [0.4, 0.5) is 15.8 Å². The normalized spacial score (nSPS) is 13.5. The predicted molar refractivity (Wildman–Crippen MR) is 120 cm³/mol. The molecule has 0 radical (unpaired) electrons. The number of hydrogen-bond donors (Lipinski definition) is 1. The molecule has 4 rings (SSSR count). The van der Waals surface area contributed by atoms with E-state index in [2.05, 4.69) is 5.32 Å². The number of halogens is 1. The molecule has 0 aromatic heterocycles. The summed E-state index contributed by atoms with van der Waals surface area (Å²) in [5.41, 5.74) is 1.66. The topological polar surface area (TPSA) is 67.9 Å². The van der Waals surface area contributed by atoms with Crippen LogP contribution >= 0.6 is 0 Å². The molecule has 1 aliphatic heterocycles. The average molecular weight is 432 g/mol. The van der Waals surface area contributed by atoms with E-state index in [4.69, 9.17) is 9.47 Å². The summed E-state index contributed by atoms with van der Waals surface area (Å²) in [6.45, 7) is 2.39. The number of ether oxygens (including phenoxy) is 2. The van der Waals surface area contributed by atoms with Crippen molar-refractivity contribution >= 4 is 28.8 Å². The van der Waals surface area contributed by atoms with E-state index in [0.29, 0.717) is 35.0 Å². The summed E-state index contributed by atoms with van der Waals surface area (Å²) >= 11 is 0. The molecule has 1 heterocycles. The number of hydrogen-bond acceptors (Lipinski definition) is 5. The third-order valence-corrected chi connectivity index (χ3v) is 4.98. The summed E-state index contributed by atoms with van der Waals surface area (Å²) < 4.78 is 24.2. The molecular weight excluding hydrogens is 411 g/mol. The number of para-hydroxylation sites is 2.